The molecule has 1 atom stereocenters. The number of benzene rings is 2. The van der Waals surface area contributed by atoms with Crippen LogP contribution in [-0.4, -0.2) is 22.6 Å². The van der Waals surface area contributed by atoms with Crippen LogP contribution in [-0.2, 0) is 11.2 Å². The second kappa shape index (κ2) is 7.67. The number of rotatable bonds is 6. The van der Waals surface area contributed by atoms with Crippen LogP contribution in [0.1, 0.15) is 71.6 Å². The Bertz CT molecular complexity index is 836. The first-order valence-corrected chi connectivity index (χ1v) is 10.1. The van der Waals surface area contributed by atoms with E-state index in [2.05, 4.69) is 29.2 Å². The van der Waals surface area contributed by atoms with Gasteiger partial charge in [-0.2, -0.15) is 0 Å². The van der Waals surface area contributed by atoms with E-state index in [0.29, 0.717) is 24.4 Å². The van der Waals surface area contributed by atoms with Crippen LogP contribution in [0.2, 0.25) is 0 Å². The van der Waals surface area contributed by atoms with Gasteiger partial charge < -0.3 is 4.90 Å². The third kappa shape index (κ3) is 3.97. The molecule has 1 saturated carbocycles. The van der Waals surface area contributed by atoms with E-state index in [-0.39, 0.29) is 17.7 Å². The predicted molar refractivity (Wildman–Crippen MR) is 107 cm³/mol. The highest BCUT2D eigenvalue weighted by molar-refractivity contribution is 5.98. The monoisotopic (exact) mass is 361 g/mol. The molecule has 1 fully saturated rings. The molecular formula is C24H27NO2. The zero-order chi connectivity index (χ0) is 18.8. The summed E-state index contributed by atoms with van der Waals surface area (Å²) in [7, 11) is 0. The van der Waals surface area contributed by atoms with Crippen molar-refractivity contribution in [3.8, 4) is 0 Å². The molecule has 0 heterocycles. The van der Waals surface area contributed by atoms with Crippen LogP contribution >= 0.6 is 0 Å². The third-order valence-electron chi connectivity index (χ3n) is 5.84. The van der Waals surface area contributed by atoms with Gasteiger partial charge in [-0.15, -0.1) is 0 Å². The number of hydrogen-bond donors (Lipinski definition) is 0. The molecule has 27 heavy (non-hydrogen) atoms. The van der Waals surface area contributed by atoms with Crippen LogP contribution in [0, 0.1) is 6.92 Å². The topological polar surface area (TPSA) is 37.4 Å². The number of amides is 1. The molecule has 0 spiro atoms. The molecule has 3 heteroatoms. The van der Waals surface area contributed by atoms with Gasteiger partial charge in [0.2, 0.25) is 5.91 Å². The van der Waals surface area contributed by atoms with Gasteiger partial charge in [0.05, 0.1) is 6.04 Å². The average molecular weight is 361 g/mol. The highest BCUT2D eigenvalue weighted by Gasteiger charge is 2.39. The minimum atomic E-state index is 0.0585. The molecule has 140 valence electrons. The predicted octanol–water partition coefficient (Wildman–Crippen LogP) is 5.03. The van der Waals surface area contributed by atoms with E-state index in [1.54, 1.807) is 0 Å². The van der Waals surface area contributed by atoms with Crippen molar-refractivity contribution in [3.63, 3.8) is 0 Å². The Labute approximate surface area is 161 Å². The summed E-state index contributed by atoms with van der Waals surface area (Å²) in [6.07, 6.45) is 6.05. The van der Waals surface area contributed by atoms with E-state index in [0.717, 1.165) is 37.7 Å². The molecule has 0 radical (unpaired) electrons. The van der Waals surface area contributed by atoms with Gasteiger partial charge in [-0.1, -0.05) is 54.1 Å². The van der Waals surface area contributed by atoms with E-state index in [1.165, 1.54) is 11.1 Å². The summed E-state index contributed by atoms with van der Waals surface area (Å²) in [5.74, 6) is 0.197. The van der Waals surface area contributed by atoms with Crippen LogP contribution in [0.4, 0.5) is 0 Å². The van der Waals surface area contributed by atoms with Crippen LogP contribution in [0.3, 0.4) is 0 Å². The van der Waals surface area contributed by atoms with Crippen molar-refractivity contribution in [3.05, 3.63) is 70.8 Å². The lowest BCUT2D eigenvalue weighted by atomic mass is 9.86. The molecule has 4 rings (SSSR count). The molecule has 0 saturated heterocycles. The zero-order valence-corrected chi connectivity index (χ0v) is 16.0. The van der Waals surface area contributed by atoms with E-state index in [9.17, 15) is 9.59 Å². The van der Waals surface area contributed by atoms with Crippen molar-refractivity contribution in [2.24, 2.45) is 0 Å². The molecule has 1 amide bonds. The first-order chi connectivity index (χ1) is 13.1. The molecule has 2 aromatic rings. The number of Topliss-reactive ketones (excluding diaryl/α,β-unsaturated/α-hetero) is 1. The maximum Gasteiger partial charge on any atom is 0.223 e. The average Bonchev–Trinajstić information content (AvgIpc) is 3.52. The molecular weight excluding hydrogens is 334 g/mol. The fourth-order valence-electron chi connectivity index (χ4n) is 4.24. The van der Waals surface area contributed by atoms with Crippen molar-refractivity contribution in [1.29, 1.82) is 0 Å². The fourth-order valence-corrected chi connectivity index (χ4v) is 4.24. The standard InChI is InChI=1S/C24H27NO2/c1-17-9-11-19(12-10-17)23(26)15-16-24(27)25(20-13-14-20)22-8-4-6-18-5-2-3-7-21(18)22/h2-3,5,7,9-12,20,22H,4,6,8,13-16H2,1H3. The lowest BCUT2D eigenvalue weighted by Crippen LogP contribution is -2.38. The first-order valence-electron chi connectivity index (χ1n) is 10.1. The molecule has 1 unspecified atom stereocenters. The van der Waals surface area contributed by atoms with E-state index < -0.39 is 0 Å². The van der Waals surface area contributed by atoms with Crippen molar-refractivity contribution in [2.45, 2.75) is 64.0 Å². The second-order valence-electron chi connectivity index (χ2n) is 7.93. The summed E-state index contributed by atoms with van der Waals surface area (Å²) in [5, 5.41) is 0. The smallest absolute Gasteiger partial charge is 0.223 e. The van der Waals surface area contributed by atoms with Crippen LogP contribution in [0.5, 0.6) is 0 Å². The molecule has 2 aromatic carbocycles. The molecule has 2 aliphatic carbocycles. The number of fused-ring (bicyclic) bond motifs is 1. The van der Waals surface area contributed by atoms with E-state index >= 15 is 0 Å². The van der Waals surface area contributed by atoms with Gasteiger partial charge in [0, 0.05) is 24.4 Å². The number of aryl methyl sites for hydroxylation is 2. The Morgan fingerprint density at radius 1 is 0.963 bits per heavy atom. The van der Waals surface area contributed by atoms with Crippen molar-refractivity contribution < 1.29 is 9.59 Å². The molecule has 0 aromatic heterocycles. The Morgan fingerprint density at radius 3 is 2.44 bits per heavy atom. The van der Waals surface area contributed by atoms with Gasteiger partial charge in [-0.25, -0.2) is 0 Å². The summed E-state index contributed by atoms with van der Waals surface area (Å²) in [6.45, 7) is 2.01. The summed E-state index contributed by atoms with van der Waals surface area (Å²) in [6, 6.07) is 16.7. The van der Waals surface area contributed by atoms with E-state index in [1.807, 2.05) is 31.2 Å². The van der Waals surface area contributed by atoms with Crippen LogP contribution in [0.25, 0.3) is 0 Å². The Hall–Kier alpha value is -2.42. The van der Waals surface area contributed by atoms with Gasteiger partial charge in [0.25, 0.3) is 0 Å². The third-order valence-corrected chi connectivity index (χ3v) is 5.84. The molecule has 0 bridgehead atoms. The van der Waals surface area contributed by atoms with Gasteiger partial charge >= 0.3 is 0 Å². The molecule has 0 N–H and O–H groups in total. The van der Waals surface area contributed by atoms with Gasteiger partial charge in [0.15, 0.2) is 5.78 Å². The minimum Gasteiger partial charge on any atom is -0.333 e. The highest BCUT2D eigenvalue weighted by atomic mass is 16.2. The molecule has 2 aliphatic rings. The normalized spacial score (nSPS) is 18.6. The number of nitrogens with zero attached hydrogens (tertiary/aromatic N) is 1. The Kier molecular flexibility index (Phi) is 5.11. The lowest BCUT2D eigenvalue weighted by Gasteiger charge is -2.36. The number of carbonyl (C=O) groups excluding carboxylic acids is 2. The summed E-state index contributed by atoms with van der Waals surface area (Å²) < 4.78 is 0. The van der Waals surface area contributed by atoms with Crippen molar-refractivity contribution >= 4 is 11.7 Å². The molecule has 0 aliphatic heterocycles. The highest BCUT2D eigenvalue weighted by Crippen LogP contribution is 2.41. The maximum atomic E-state index is 13.1. The van der Waals surface area contributed by atoms with Gasteiger partial charge in [0.1, 0.15) is 0 Å². The quantitative estimate of drug-likeness (QED) is 0.677. The summed E-state index contributed by atoms with van der Waals surface area (Å²) in [5.41, 5.74) is 4.53. The Morgan fingerprint density at radius 2 is 1.70 bits per heavy atom. The fraction of sp³-hybridized carbons (Fsp3) is 0.417. The maximum absolute atomic E-state index is 13.1. The summed E-state index contributed by atoms with van der Waals surface area (Å²) >= 11 is 0. The van der Waals surface area contributed by atoms with E-state index in [4.69, 9.17) is 0 Å². The Balaban J connectivity index is 1.46. The lowest BCUT2D eigenvalue weighted by molar-refractivity contribution is -0.134. The number of hydrogen-bond acceptors (Lipinski definition) is 2. The van der Waals surface area contributed by atoms with Crippen LogP contribution in [0.15, 0.2) is 48.5 Å². The number of ketones is 1. The van der Waals surface area contributed by atoms with Gasteiger partial charge in [-0.05, 0) is 50.2 Å². The van der Waals surface area contributed by atoms with Crippen LogP contribution < -0.4 is 0 Å². The minimum absolute atomic E-state index is 0.0585. The largest absolute Gasteiger partial charge is 0.333 e. The molecule has 3 nitrogen and oxygen atoms in total. The first kappa shape index (κ1) is 18.0. The van der Waals surface area contributed by atoms with Crippen molar-refractivity contribution in [1.82, 2.24) is 4.90 Å². The summed E-state index contributed by atoms with van der Waals surface area (Å²) in [4.78, 5) is 27.7. The number of carbonyl (C=O) groups is 2. The van der Waals surface area contributed by atoms with Crippen molar-refractivity contribution in [2.75, 3.05) is 0 Å². The SMILES string of the molecule is Cc1ccc(C(=O)CCC(=O)N(C2CC2)C2CCCc3ccccc32)cc1. The second-order valence-corrected chi connectivity index (χ2v) is 7.93. The zero-order valence-electron chi connectivity index (χ0n) is 16.0. The van der Waals surface area contributed by atoms with Gasteiger partial charge in [-0.3, -0.25) is 9.59 Å².